The van der Waals surface area contributed by atoms with Crippen LogP contribution in [0.4, 0.5) is 10.8 Å². The predicted molar refractivity (Wildman–Crippen MR) is 116 cm³/mol. The van der Waals surface area contributed by atoms with E-state index in [0.717, 1.165) is 40.5 Å². The molecule has 0 bridgehead atoms. The second-order valence-electron chi connectivity index (χ2n) is 6.81. The maximum absolute atomic E-state index is 12.8. The Balaban J connectivity index is 1.48. The van der Waals surface area contributed by atoms with Gasteiger partial charge in [-0.2, -0.15) is 0 Å². The van der Waals surface area contributed by atoms with Crippen molar-refractivity contribution in [2.75, 3.05) is 29.9 Å². The molecule has 0 saturated carbocycles. The van der Waals surface area contributed by atoms with Crippen molar-refractivity contribution in [3.05, 3.63) is 47.5 Å². The zero-order valence-corrected chi connectivity index (χ0v) is 17.2. The fourth-order valence-electron chi connectivity index (χ4n) is 3.45. The molecule has 0 aliphatic carbocycles. The second-order valence-corrected chi connectivity index (χ2v) is 8.23. The third kappa shape index (κ3) is 4.08. The maximum Gasteiger partial charge on any atom is 0.229 e. The quantitative estimate of drug-likeness (QED) is 0.622. The number of benzene rings is 2. The van der Waals surface area contributed by atoms with Crippen molar-refractivity contribution in [3.63, 3.8) is 0 Å². The summed E-state index contributed by atoms with van der Waals surface area (Å²) in [5.41, 5.74) is 1.63. The summed E-state index contributed by atoms with van der Waals surface area (Å²) in [6, 6.07) is 13.3. The molecule has 1 saturated heterocycles. The number of carbonyl (C=O) groups is 1. The normalized spacial score (nSPS) is 16.9. The average Bonchev–Trinajstić information content (AvgIpc) is 3.13. The number of nitrogens with zero attached hydrogens (tertiary/aromatic N) is 2. The first kappa shape index (κ1) is 19.0. The van der Waals surface area contributed by atoms with E-state index in [4.69, 9.17) is 21.3 Å². The number of fused-ring (bicyclic) bond motifs is 1. The van der Waals surface area contributed by atoms with Crippen LogP contribution in [0.15, 0.2) is 42.5 Å². The molecule has 0 spiro atoms. The van der Waals surface area contributed by atoms with E-state index in [1.54, 1.807) is 17.4 Å². The number of piperidine rings is 1. The molecule has 146 valence electrons. The van der Waals surface area contributed by atoms with Gasteiger partial charge in [0, 0.05) is 13.1 Å². The second kappa shape index (κ2) is 8.37. The van der Waals surface area contributed by atoms with E-state index in [-0.39, 0.29) is 11.8 Å². The molecule has 1 amide bonds. The number of hydrogen-bond acceptors (Lipinski definition) is 5. The van der Waals surface area contributed by atoms with Gasteiger partial charge >= 0.3 is 0 Å². The number of amides is 1. The van der Waals surface area contributed by atoms with Crippen LogP contribution in [-0.4, -0.2) is 30.6 Å². The molecule has 0 unspecified atom stereocenters. The van der Waals surface area contributed by atoms with Crippen molar-refractivity contribution in [1.29, 1.82) is 0 Å². The van der Waals surface area contributed by atoms with Crippen LogP contribution in [-0.2, 0) is 4.79 Å². The summed E-state index contributed by atoms with van der Waals surface area (Å²) in [5.74, 6) is 0.786. The summed E-state index contributed by atoms with van der Waals surface area (Å²) in [5, 5.41) is 4.48. The molecule has 3 aromatic rings. The highest BCUT2D eigenvalue weighted by Crippen LogP contribution is 2.34. The standard InChI is InChI=1S/C21H22ClN3O2S/c1-2-27-15-9-10-18-19(12-15)28-21(24-18)25-11-5-6-14(13-25)20(26)23-17-8-4-3-7-16(17)22/h3-4,7-10,12,14H,2,5-6,11,13H2,1H3,(H,23,26)/t14-/m1/s1. The fourth-order valence-corrected chi connectivity index (χ4v) is 4.66. The Hall–Kier alpha value is -2.31. The Bertz CT molecular complexity index is 991. The van der Waals surface area contributed by atoms with Gasteiger partial charge in [-0.3, -0.25) is 4.79 Å². The van der Waals surface area contributed by atoms with Crippen molar-refractivity contribution in [2.45, 2.75) is 19.8 Å². The zero-order valence-electron chi connectivity index (χ0n) is 15.7. The number of nitrogens with one attached hydrogen (secondary N) is 1. The van der Waals surface area contributed by atoms with Gasteiger partial charge in [-0.15, -0.1) is 0 Å². The molecule has 1 N–H and O–H groups in total. The largest absolute Gasteiger partial charge is 0.494 e. The number of hydrogen-bond donors (Lipinski definition) is 1. The van der Waals surface area contributed by atoms with Crippen LogP contribution in [0, 0.1) is 5.92 Å². The highest BCUT2D eigenvalue weighted by molar-refractivity contribution is 7.22. The van der Waals surface area contributed by atoms with Crippen molar-refractivity contribution in [2.24, 2.45) is 5.92 Å². The van der Waals surface area contributed by atoms with Gasteiger partial charge in [-0.25, -0.2) is 4.98 Å². The van der Waals surface area contributed by atoms with Crippen LogP contribution in [0.2, 0.25) is 5.02 Å². The summed E-state index contributed by atoms with van der Waals surface area (Å²) in [7, 11) is 0. The summed E-state index contributed by atoms with van der Waals surface area (Å²) in [6.07, 6.45) is 1.83. The summed E-state index contributed by atoms with van der Waals surface area (Å²) in [4.78, 5) is 19.7. The lowest BCUT2D eigenvalue weighted by atomic mass is 9.97. The van der Waals surface area contributed by atoms with E-state index in [0.29, 0.717) is 23.9 Å². The number of halogens is 1. The third-order valence-corrected chi connectivity index (χ3v) is 6.26. The highest BCUT2D eigenvalue weighted by atomic mass is 35.5. The highest BCUT2D eigenvalue weighted by Gasteiger charge is 2.28. The minimum atomic E-state index is -0.0870. The maximum atomic E-state index is 12.8. The lowest BCUT2D eigenvalue weighted by Crippen LogP contribution is -2.40. The molecular formula is C21H22ClN3O2S. The number of anilines is 2. The number of para-hydroxylation sites is 1. The van der Waals surface area contributed by atoms with Crippen molar-refractivity contribution in [3.8, 4) is 5.75 Å². The molecular weight excluding hydrogens is 394 g/mol. The Labute approximate surface area is 173 Å². The number of carbonyl (C=O) groups excluding carboxylic acids is 1. The van der Waals surface area contributed by atoms with Crippen LogP contribution in [0.3, 0.4) is 0 Å². The Morgan fingerprint density at radius 2 is 2.21 bits per heavy atom. The molecule has 2 aromatic carbocycles. The first-order valence-corrected chi connectivity index (χ1v) is 10.7. The summed E-state index contributed by atoms with van der Waals surface area (Å²) < 4.78 is 6.69. The molecule has 1 fully saturated rings. The van der Waals surface area contributed by atoms with Crippen LogP contribution in [0.1, 0.15) is 19.8 Å². The van der Waals surface area contributed by atoms with E-state index in [2.05, 4.69) is 10.2 Å². The smallest absolute Gasteiger partial charge is 0.229 e. The van der Waals surface area contributed by atoms with Crippen LogP contribution in [0.25, 0.3) is 10.2 Å². The summed E-state index contributed by atoms with van der Waals surface area (Å²) >= 11 is 7.81. The Morgan fingerprint density at radius 3 is 3.04 bits per heavy atom. The zero-order chi connectivity index (χ0) is 19.5. The van der Waals surface area contributed by atoms with Gasteiger partial charge in [0.25, 0.3) is 0 Å². The number of thiazole rings is 1. The molecule has 4 rings (SSSR count). The molecule has 1 aliphatic heterocycles. The Morgan fingerprint density at radius 1 is 1.36 bits per heavy atom. The van der Waals surface area contributed by atoms with Crippen LogP contribution in [0.5, 0.6) is 5.75 Å². The predicted octanol–water partition coefficient (Wildman–Crippen LogP) is 5.20. The van der Waals surface area contributed by atoms with E-state index in [1.807, 2.05) is 43.3 Å². The van der Waals surface area contributed by atoms with E-state index in [1.165, 1.54) is 0 Å². The molecule has 1 aliphatic rings. The molecule has 2 heterocycles. The van der Waals surface area contributed by atoms with Crippen molar-refractivity contribution < 1.29 is 9.53 Å². The fraction of sp³-hybridized carbons (Fsp3) is 0.333. The van der Waals surface area contributed by atoms with Crippen LogP contribution >= 0.6 is 22.9 Å². The van der Waals surface area contributed by atoms with Crippen LogP contribution < -0.4 is 15.0 Å². The number of ether oxygens (including phenoxy) is 1. The van der Waals surface area contributed by atoms with Gasteiger partial charge in [0.2, 0.25) is 5.91 Å². The van der Waals surface area contributed by atoms with Gasteiger partial charge in [0.05, 0.1) is 33.5 Å². The SMILES string of the molecule is CCOc1ccc2nc(N3CCC[C@@H](C(=O)Nc4ccccc4Cl)C3)sc2c1. The lowest BCUT2D eigenvalue weighted by Gasteiger charge is -2.31. The van der Waals surface area contributed by atoms with Gasteiger partial charge in [0.15, 0.2) is 5.13 Å². The van der Waals surface area contributed by atoms with Gasteiger partial charge in [-0.1, -0.05) is 35.1 Å². The molecule has 7 heteroatoms. The molecule has 1 atom stereocenters. The molecule has 0 radical (unpaired) electrons. The summed E-state index contributed by atoms with van der Waals surface area (Å²) in [6.45, 7) is 4.19. The van der Waals surface area contributed by atoms with E-state index >= 15 is 0 Å². The lowest BCUT2D eigenvalue weighted by molar-refractivity contribution is -0.120. The number of rotatable bonds is 5. The molecule has 5 nitrogen and oxygen atoms in total. The van der Waals surface area contributed by atoms with Gasteiger partial charge in [-0.05, 0) is 50.1 Å². The first-order valence-electron chi connectivity index (χ1n) is 9.48. The Kier molecular flexibility index (Phi) is 5.69. The van der Waals surface area contributed by atoms with Gasteiger partial charge in [0.1, 0.15) is 5.75 Å². The third-order valence-electron chi connectivity index (χ3n) is 4.85. The number of aromatic nitrogens is 1. The minimum Gasteiger partial charge on any atom is -0.494 e. The minimum absolute atomic E-state index is 0.0116. The monoisotopic (exact) mass is 415 g/mol. The van der Waals surface area contributed by atoms with Gasteiger partial charge < -0.3 is 15.0 Å². The van der Waals surface area contributed by atoms with Crippen molar-refractivity contribution >= 4 is 49.9 Å². The molecule has 1 aromatic heterocycles. The topological polar surface area (TPSA) is 54.5 Å². The van der Waals surface area contributed by atoms with Crippen molar-refractivity contribution in [1.82, 2.24) is 4.98 Å². The van der Waals surface area contributed by atoms with E-state index in [9.17, 15) is 4.79 Å². The molecule has 28 heavy (non-hydrogen) atoms. The van der Waals surface area contributed by atoms with E-state index < -0.39 is 0 Å². The average molecular weight is 416 g/mol. The first-order chi connectivity index (χ1) is 13.6.